The number of carboxylic acid groups (broad SMARTS) is 1. The maximum atomic E-state index is 13.3. The molecule has 1 aromatic carbocycles. The highest BCUT2D eigenvalue weighted by molar-refractivity contribution is 6.11. The number of carbonyl (C=O) groups excluding carboxylic acids is 1. The number of fused-ring (bicyclic) bond motifs is 1. The lowest BCUT2D eigenvalue weighted by molar-refractivity contribution is -0.122. The number of hydrogen-bond donors (Lipinski definition) is 1. The predicted molar refractivity (Wildman–Crippen MR) is 152 cm³/mol. The van der Waals surface area contributed by atoms with E-state index in [-0.39, 0.29) is 18.5 Å². The number of pyridine rings is 1. The molecule has 3 heterocycles. The Hall–Kier alpha value is -3.90. The van der Waals surface area contributed by atoms with Crippen LogP contribution >= 0.6 is 0 Å². The van der Waals surface area contributed by atoms with E-state index in [1.165, 1.54) is 11.1 Å². The maximum Gasteiger partial charge on any atom is 0.308 e. The highest BCUT2D eigenvalue weighted by Crippen LogP contribution is 2.46. The van der Waals surface area contributed by atoms with E-state index in [4.69, 9.17) is 24.4 Å². The molecule has 2 fully saturated rings. The Balaban J connectivity index is 0.000000787. The average molecular weight is 535 g/mol. The van der Waals surface area contributed by atoms with E-state index in [9.17, 15) is 4.79 Å². The van der Waals surface area contributed by atoms with E-state index in [0.717, 1.165) is 49.1 Å². The second-order valence-electron chi connectivity index (χ2n) is 9.31. The molecule has 2 aliphatic rings. The van der Waals surface area contributed by atoms with Crippen LogP contribution in [-0.4, -0.2) is 51.6 Å². The van der Waals surface area contributed by atoms with Crippen LogP contribution in [-0.2, 0) is 21.4 Å². The fraction of sp³-hybridized carbons (Fsp3) is 0.467. The normalized spacial score (nSPS) is 16.0. The first-order chi connectivity index (χ1) is 18.9. The molecule has 1 N–H and O–H groups in total. The second kappa shape index (κ2) is 13.8. The minimum Gasteiger partial charge on any atom is -0.483 e. The zero-order valence-corrected chi connectivity index (χ0v) is 23.7. The van der Waals surface area contributed by atoms with Crippen LogP contribution < -0.4 is 9.64 Å². The van der Waals surface area contributed by atoms with E-state index in [1.54, 1.807) is 16.5 Å². The Morgan fingerprint density at radius 3 is 2.51 bits per heavy atom. The smallest absolute Gasteiger partial charge is 0.308 e. The van der Waals surface area contributed by atoms with Gasteiger partial charge in [-0.15, -0.1) is 5.10 Å². The summed E-state index contributed by atoms with van der Waals surface area (Å²) in [5, 5.41) is 11.5. The molecule has 208 valence electrons. The van der Waals surface area contributed by atoms with Gasteiger partial charge in [0.2, 0.25) is 0 Å². The van der Waals surface area contributed by atoms with Gasteiger partial charge in [-0.05, 0) is 93.2 Å². The molecule has 39 heavy (non-hydrogen) atoms. The number of rotatable bonds is 5. The molecule has 1 aliphatic heterocycles. The van der Waals surface area contributed by atoms with Crippen molar-refractivity contribution in [3.63, 3.8) is 0 Å². The highest BCUT2D eigenvalue weighted by atomic mass is 16.5. The van der Waals surface area contributed by atoms with E-state index in [2.05, 4.69) is 42.9 Å². The standard InChI is InChI=1S/C27H30N4O3.C2H6.CH2O2/c1-5-7-25(32)31(23-15-18(3)17(2)14-21(23)19-9-10-19)24-12-11-22-26(28-24)27(29-30(22)4)34-20-8-6-13-33-16-20;1-2;2-1-3/h11-12,14-15,19-20H,6,8-10,13,16H2,1-4H3;1-2H3;1H,(H,2,3). The lowest BCUT2D eigenvalue weighted by atomic mass is 9.99. The Morgan fingerprint density at radius 1 is 1.21 bits per heavy atom. The molecule has 9 heteroatoms. The van der Waals surface area contributed by atoms with E-state index >= 15 is 0 Å². The van der Waals surface area contributed by atoms with Crippen LogP contribution in [0.15, 0.2) is 24.3 Å². The Kier molecular flexibility index (Phi) is 10.5. The van der Waals surface area contributed by atoms with Gasteiger partial charge < -0.3 is 14.6 Å². The van der Waals surface area contributed by atoms with Crippen LogP contribution in [0.3, 0.4) is 0 Å². The van der Waals surface area contributed by atoms with Crippen molar-refractivity contribution in [3.05, 3.63) is 41.0 Å². The number of aryl methyl sites for hydroxylation is 3. The molecule has 1 amide bonds. The number of carbonyl (C=O) groups is 2. The SMILES string of the molecule is CC.CC#CC(=O)N(c1ccc2c(n1)c(OC1CCCOC1)nn2C)c1cc(C)c(C)cc1C1CC1.O=CO. The van der Waals surface area contributed by atoms with Crippen LogP contribution in [0.2, 0.25) is 0 Å². The lowest BCUT2D eigenvalue weighted by Gasteiger charge is -2.24. The lowest BCUT2D eigenvalue weighted by Crippen LogP contribution is -2.28. The van der Waals surface area contributed by atoms with Crippen LogP contribution in [0, 0.1) is 25.7 Å². The molecule has 0 bridgehead atoms. The van der Waals surface area contributed by atoms with Gasteiger partial charge in [0.1, 0.15) is 11.9 Å². The summed E-state index contributed by atoms with van der Waals surface area (Å²) in [5.74, 6) is 6.63. The van der Waals surface area contributed by atoms with Gasteiger partial charge in [-0.3, -0.25) is 19.2 Å². The minimum absolute atomic E-state index is 0.0535. The van der Waals surface area contributed by atoms with Crippen LogP contribution in [0.1, 0.15) is 69.1 Å². The molecule has 0 radical (unpaired) electrons. The number of amides is 1. The molecular weight excluding hydrogens is 496 g/mol. The van der Waals surface area contributed by atoms with Crippen molar-refractivity contribution in [1.82, 2.24) is 14.8 Å². The monoisotopic (exact) mass is 534 g/mol. The van der Waals surface area contributed by atoms with Gasteiger partial charge in [-0.1, -0.05) is 25.8 Å². The third-order valence-corrected chi connectivity index (χ3v) is 6.61. The van der Waals surface area contributed by atoms with Crippen LogP contribution in [0.5, 0.6) is 5.88 Å². The van der Waals surface area contributed by atoms with Crippen LogP contribution in [0.4, 0.5) is 11.5 Å². The van der Waals surface area contributed by atoms with Gasteiger partial charge in [0.05, 0.1) is 17.8 Å². The number of anilines is 2. The predicted octanol–water partition coefficient (Wildman–Crippen LogP) is 5.44. The summed E-state index contributed by atoms with van der Waals surface area (Å²) < 4.78 is 13.5. The first-order valence-corrected chi connectivity index (χ1v) is 13.4. The van der Waals surface area contributed by atoms with Gasteiger partial charge in [-0.2, -0.15) is 0 Å². The van der Waals surface area contributed by atoms with Crippen molar-refractivity contribution in [2.45, 2.75) is 72.3 Å². The van der Waals surface area contributed by atoms with Gasteiger partial charge in [0.25, 0.3) is 12.4 Å². The Morgan fingerprint density at radius 2 is 1.90 bits per heavy atom. The molecule has 9 nitrogen and oxygen atoms in total. The molecule has 1 aliphatic carbocycles. The first-order valence-electron chi connectivity index (χ1n) is 13.4. The Labute approximate surface area is 230 Å². The average Bonchev–Trinajstić information content (AvgIpc) is 3.73. The molecule has 1 saturated carbocycles. The van der Waals surface area contributed by atoms with E-state index < -0.39 is 0 Å². The van der Waals surface area contributed by atoms with Crippen molar-refractivity contribution in [1.29, 1.82) is 0 Å². The molecule has 1 unspecified atom stereocenters. The largest absolute Gasteiger partial charge is 0.483 e. The number of nitrogens with zero attached hydrogens (tertiary/aromatic N) is 4. The van der Waals surface area contributed by atoms with Crippen LogP contribution in [0.25, 0.3) is 11.0 Å². The van der Waals surface area contributed by atoms with Gasteiger partial charge in [0, 0.05) is 13.7 Å². The second-order valence-corrected chi connectivity index (χ2v) is 9.31. The minimum atomic E-state index is -0.299. The summed E-state index contributed by atoms with van der Waals surface area (Å²) in [4.78, 5) is 28.2. The quantitative estimate of drug-likeness (QED) is 0.343. The maximum absolute atomic E-state index is 13.3. The number of ether oxygens (including phenoxy) is 2. The molecule has 3 aromatic rings. The van der Waals surface area contributed by atoms with Gasteiger partial charge in [0.15, 0.2) is 5.52 Å². The van der Waals surface area contributed by atoms with Crippen molar-refractivity contribution >= 4 is 34.9 Å². The van der Waals surface area contributed by atoms with E-state index in [0.29, 0.717) is 29.7 Å². The highest BCUT2D eigenvalue weighted by Gasteiger charge is 2.31. The van der Waals surface area contributed by atoms with Crippen molar-refractivity contribution < 1.29 is 24.2 Å². The summed E-state index contributed by atoms with van der Waals surface area (Å²) in [6, 6.07) is 8.09. The van der Waals surface area contributed by atoms with Crippen molar-refractivity contribution in [3.8, 4) is 17.7 Å². The molecule has 1 saturated heterocycles. The third kappa shape index (κ3) is 6.95. The van der Waals surface area contributed by atoms with Gasteiger partial charge in [-0.25, -0.2) is 4.98 Å². The summed E-state index contributed by atoms with van der Waals surface area (Å²) in [6.07, 6.45) is 4.09. The van der Waals surface area contributed by atoms with E-state index in [1.807, 2.05) is 33.0 Å². The topological polar surface area (TPSA) is 107 Å². The zero-order chi connectivity index (χ0) is 28.5. The summed E-state index contributed by atoms with van der Waals surface area (Å²) >= 11 is 0. The number of aromatic nitrogens is 3. The summed E-state index contributed by atoms with van der Waals surface area (Å²) in [5.41, 5.74) is 5.86. The molecule has 2 aromatic heterocycles. The summed E-state index contributed by atoms with van der Waals surface area (Å²) in [6.45, 7) is 10.9. The molecule has 5 rings (SSSR count). The fourth-order valence-electron chi connectivity index (χ4n) is 4.50. The number of hydrogen-bond acceptors (Lipinski definition) is 6. The molecule has 0 spiro atoms. The third-order valence-electron chi connectivity index (χ3n) is 6.61. The first kappa shape index (κ1) is 29.7. The van der Waals surface area contributed by atoms with Gasteiger partial charge >= 0.3 is 5.91 Å². The molecular formula is C30H38N4O5. The Bertz CT molecular complexity index is 1360. The summed E-state index contributed by atoms with van der Waals surface area (Å²) in [7, 11) is 1.87. The van der Waals surface area contributed by atoms with Crippen molar-refractivity contribution in [2.24, 2.45) is 7.05 Å². The zero-order valence-electron chi connectivity index (χ0n) is 23.7. The fourth-order valence-corrected chi connectivity index (χ4v) is 4.50. The number of benzene rings is 1. The van der Waals surface area contributed by atoms with Crippen molar-refractivity contribution in [2.75, 3.05) is 18.1 Å². The molecule has 1 atom stereocenters.